The number of hydrazine groups is 1. The van der Waals surface area contributed by atoms with Gasteiger partial charge >= 0.3 is 6.18 Å². The Kier molecular flexibility index (Phi) is 4.86. The minimum atomic E-state index is -4.54. The fourth-order valence-electron chi connectivity index (χ4n) is 1.69. The number of allylic oxidation sites excluding steroid dienone is 1. The van der Waals surface area contributed by atoms with Gasteiger partial charge in [-0.3, -0.25) is 11.3 Å². The van der Waals surface area contributed by atoms with Gasteiger partial charge in [0, 0.05) is 6.04 Å². The second-order valence-electron chi connectivity index (χ2n) is 3.81. The van der Waals surface area contributed by atoms with E-state index in [0.717, 1.165) is 18.2 Å². The summed E-state index contributed by atoms with van der Waals surface area (Å²) in [5.41, 5.74) is 1.21. The van der Waals surface area contributed by atoms with E-state index in [0.29, 0.717) is 12.8 Å². The third kappa shape index (κ3) is 3.54. The summed E-state index contributed by atoms with van der Waals surface area (Å²) in [6.45, 7) is 3.48. The summed E-state index contributed by atoms with van der Waals surface area (Å²) in [6.07, 6.45) is -2.18. The predicted molar refractivity (Wildman–Crippen MR) is 60.9 cm³/mol. The predicted octanol–water partition coefficient (Wildman–Crippen LogP) is 3.32. The molecule has 0 aliphatic carbocycles. The molecule has 0 spiro atoms. The first-order chi connectivity index (χ1) is 8.40. The third-order valence-corrected chi connectivity index (χ3v) is 2.56. The largest absolute Gasteiger partial charge is 0.416 e. The molecule has 1 aromatic carbocycles. The Balaban J connectivity index is 3.18. The molecule has 0 amide bonds. The summed E-state index contributed by atoms with van der Waals surface area (Å²) >= 11 is 0. The topological polar surface area (TPSA) is 38.0 Å². The van der Waals surface area contributed by atoms with Crippen molar-refractivity contribution in [3.63, 3.8) is 0 Å². The molecular weight excluding hydrogens is 248 g/mol. The van der Waals surface area contributed by atoms with E-state index in [1.54, 1.807) is 6.08 Å². The van der Waals surface area contributed by atoms with Gasteiger partial charge in [0.15, 0.2) is 0 Å². The minimum absolute atomic E-state index is 0.188. The number of alkyl halides is 3. The molecule has 0 aliphatic rings. The number of benzene rings is 1. The van der Waals surface area contributed by atoms with Gasteiger partial charge < -0.3 is 0 Å². The van der Waals surface area contributed by atoms with Gasteiger partial charge in [0.05, 0.1) is 5.56 Å². The second kappa shape index (κ2) is 5.97. The molecule has 0 bridgehead atoms. The smallest absolute Gasteiger partial charge is 0.271 e. The number of hydrogen-bond donors (Lipinski definition) is 2. The van der Waals surface area contributed by atoms with Crippen molar-refractivity contribution in [2.45, 2.75) is 25.1 Å². The molecule has 0 saturated carbocycles. The number of nitrogens with two attached hydrogens (primary N) is 1. The van der Waals surface area contributed by atoms with Crippen LogP contribution in [0.5, 0.6) is 0 Å². The van der Waals surface area contributed by atoms with Crippen LogP contribution in [0.15, 0.2) is 30.9 Å². The number of rotatable bonds is 5. The van der Waals surface area contributed by atoms with Crippen molar-refractivity contribution in [3.05, 3.63) is 47.8 Å². The van der Waals surface area contributed by atoms with E-state index in [9.17, 15) is 17.6 Å². The Labute approximate surface area is 102 Å². The molecule has 1 unspecified atom stereocenters. The third-order valence-electron chi connectivity index (χ3n) is 2.56. The van der Waals surface area contributed by atoms with Crippen molar-refractivity contribution in [1.29, 1.82) is 0 Å². The molecule has 0 aliphatic heterocycles. The van der Waals surface area contributed by atoms with Crippen molar-refractivity contribution >= 4 is 0 Å². The summed E-state index contributed by atoms with van der Waals surface area (Å²) < 4.78 is 51.5. The zero-order valence-corrected chi connectivity index (χ0v) is 9.60. The lowest BCUT2D eigenvalue weighted by Crippen LogP contribution is -2.30. The standard InChI is InChI=1S/C12H14F4N2/c1-2-3-4-11(18-17)9-7-8(13)5-6-10(9)12(14,15)16/h2,5-7,11,18H,1,3-4,17H2. The Morgan fingerprint density at radius 1 is 1.39 bits per heavy atom. The average molecular weight is 262 g/mol. The lowest BCUT2D eigenvalue weighted by molar-refractivity contribution is -0.138. The highest BCUT2D eigenvalue weighted by molar-refractivity contribution is 5.33. The Bertz CT molecular complexity index is 415. The first-order valence-electron chi connectivity index (χ1n) is 5.33. The van der Waals surface area contributed by atoms with Crippen LogP contribution in [0.3, 0.4) is 0 Å². The first-order valence-corrected chi connectivity index (χ1v) is 5.33. The van der Waals surface area contributed by atoms with Gasteiger partial charge in [-0.2, -0.15) is 13.2 Å². The number of halogens is 4. The lowest BCUT2D eigenvalue weighted by atomic mass is 9.96. The highest BCUT2D eigenvalue weighted by atomic mass is 19.4. The van der Waals surface area contributed by atoms with E-state index in [4.69, 9.17) is 5.84 Å². The maximum Gasteiger partial charge on any atom is 0.416 e. The van der Waals surface area contributed by atoms with E-state index in [-0.39, 0.29) is 5.56 Å². The van der Waals surface area contributed by atoms with Gasteiger partial charge in [-0.25, -0.2) is 4.39 Å². The molecule has 3 N–H and O–H groups in total. The number of nitrogens with one attached hydrogen (secondary N) is 1. The van der Waals surface area contributed by atoms with Crippen LogP contribution in [0.2, 0.25) is 0 Å². The van der Waals surface area contributed by atoms with Crippen LogP contribution in [0.4, 0.5) is 17.6 Å². The van der Waals surface area contributed by atoms with Crippen molar-refractivity contribution in [2.75, 3.05) is 0 Å². The van der Waals surface area contributed by atoms with E-state index >= 15 is 0 Å². The molecule has 1 aromatic rings. The van der Waals surface area contributed by atoms with Crippen LogP contribution in [-0.4, -0.2) is 0 Å². The summed E-state index contributed by atoms with van der Waals surface area (Å²) in [6, 6.07) is 1.60. The average Bonchev–Trinajstić information content (AvgIpc) is 2.28. The quantitative estimate of drug-likeness (QED) is 0.370. The van der Waals surface area contributed by atoms with E-state index in [2.05, 4.69) is 12.0 Å². The van der Waals surface area contributed by atoms with Crippen molar-refractivity contribution in [3.8, 4) is 0 Å². The molecule has 100 valence electrons. The molecule has 1 atom stereocenters. The molecule has 0 aromatic heterocycles. The summed E-state index contributed by atoms with van der Waals surface area (Å²) in [5, 5.41) is 0. The molecule has 0 radical (unpaired) electrons. The van der Waals surface area contributed by atoms with Crippen molar-refractivity contribution in [1.82, 2.24) is 5.43 Å². The minimum Gasteiger partial charge on any atom is -0.271 e. The van der Waals surface area contributed by atoms with E-state index in [1.807, 2.05) is 0 Å². The lowest BCUT2D eigenvalue weighted by Gasteiger charge is -2.20. The van der Waals surface area contributed by atoms with Crippen LogP contribution < -0.4 is 11.3 Å². The zero-order chi connectivity index (χ0) is 13.8. The van der Waals surface area contributed by atoms with Gasteiger partial charge in [-0.1, -0.05) is 6.08 Å². The van der Waals surface area contributed by atoms with Gasteiger partial charge in [-0.05, 0) is 36.6 Å². The molecule has 0 fully saturated rings. The van der Waals surface area contributed by atoms with E-state index < -0.39 is 23.6 Å². The zero-order valence-electron chi connectivity index (χ0n) is 9.60. The van der Waals surface area contributed by atoms with Gasteiger partial charge in [0.1, 0.15) is 5.82 Å². The fraction of sp³-hybridized carbons (Fsp3) is 0.333. The Morgan fingerprint density at radius 3 is 2.56 bits per heavy atom. The highest BCUT2D eigenvalue weighted by Crippen LogP contribution is 2.35. The fourth-order valence-corrected chi connectivity index (χ4v) is 1.69. The maximum atomic E-state index is 13.1. The highest BCUT2D eigenvalue weighted by Gasteiger charge is 2.35. The SMILES string of the molecule is C=CCCC(NN)c1cc(F)ccc1C(F)(F)F. The van der Waals surface area contributed by atoms with Crippen molar-refractivity contribution in [2.24, 2.45) is 5.84 Å². The molecule has 1 rings (SSSR count). The van der Waals surface area contributed by atoms with Crippen molar-refractivity contribution < 1.29 is 17.6 Å². The summed E-state index contributed by atoms with van der Waals surface area (Å²) in [4.78, 5) is 0. The number of hydrogen-bond acceptors (Lipinski definition) is 2. The molecule has 0 heterocycles. The molecule has 0 saturated heterocycles. The van der Waals surface area contributed by atoms with Crippen LogP contribution in [0.25, 0.3) is 0 Å². The Hall–Kier alpha value is -1.40. The monoisotopic (exact) mass is 262 g/mol. The normalized spacial score (nSPS) is 13.4. The van der Waals surface area contributed by atoms with Crippen LogP contribution in [-0.2, 0) is 6.18 Å². The van der Waals surface area contributed by atoms with E-state index in [1.165, 1.54) is 0 Å². The van der Waals surface area contributed by atoms with Crippen LogP contribution >= 0.6 is 0 Å². The van der Waals surface area contributed by atoms with Gasteiger partial charge in [0.2, 0.25) is 0 Å². The van der Waals surface area contributed by atoms with Crippen LogP contribution in [0.1, 0.15) is 30.0 Å². The first kappa shape index (κ1) is 14.7. The summed E-state index contributed by atoms with van der Waals surface area (Å²) in [5.74, 6) is 4.51. The van der Waals surface area contributed by atoms with Gasteiger partial charge in [-0.15, -0.1) is 6.58 Å². The van der Waals surface area contributed by atoms with Crippen LogP contribution in [0, 0.1) is 5.82 Å². The molecular formula is C12H14F4N2. The maximum absolute atomic E-state index is 13.1. The second-order valence-corrected chi connectivity index (χ2v) is 3.81. The van der Waals surface area contributed by atoms with Gasteiger partial charge in [0.25, 0.3) is 0 Å². The summed E-state index contributed by atoms with van der Waals surface area (Å²) in [7, 11) is 0. The molecule has 18 heavy (non-hydrogen) atoms. The molecule has 2 nitrogen and oxygen atoms in total. The molecule has 6 heteroatoms. The Morgan fingerprint density at radius 2 is 2.06 bits per heavy atom.